The average molecular weight is 595 g/mol. The van der Waals surface area contributed by atoms with E-state index in [1.165, 1.54) is 42.5 Å². The summed E-state index contributed by atoms with van der Waals surface area (Å²) < 4.78 is 26.5. The number of Topliss-reactive ketones (excluding diaryl/α,β-unsaturated/α-hetero) is 1. The molecule has 0 spiro atoms. The average Bonchev–Trinajstić information content (AvgIpc) is 3.31. The van der Waals surface area contributed by atoms with Crippen molar-refractivity contribution in [1.82, 2.24) is 5.32 Å². The summed E-state index contributed by atoms with van der Waals surface area (Å²) >= 11 is 0. The molecule has 0 bridgehead atoms. The van der Waals surface area contributed by atoms with Crippen LogP contribution in [0, 0.1) is 22.5 Å². The molecule has 2 aliphatic carbocycles. The lowest BCUT2D eigenvalue weighted by atomic mass is 9.73. The van der Waals surface area contributed by atoms with Crippen LogP contribution in [-0.2, 0) is 24.1 Å². The van der Waals surface area contributed by atoms with Gasteiger partial charge in [-0.05, 0) is 99.7 Å². The first-order valence-electron chi connectivity index (χ1n) is 15.8. The molecule has 0 aliphatic heterocycles. The molecule has 1 saturated carbocycles. The van der Waals surface area contributed by atoms with Crippen molar-refractivity contribution < 1.29 is 13.6 Å². The van der Waals surface area contributed by atoms with Gasteiger partial charge in [0.15, 0.2) is 0 Å². The Morgan fingerprint density at radius 2 is 1.49 bits per heavy atom. The van der Waals surface area contributed by atoms with E-state index in [-0.39, 0.29) is 10.8 Å². The first-order chi connectivity index (χ1) is 20.4. The molecule has 2 N–H and O–H groups in total. The normalized spacial score (nSPS) is 17.7. The highest BCUT2D eigenvalue weighted by Crippen LogP contribution is 2.41. The Bertz CT molecular complexity index is 1190. The van der Waals surface area contributed by atoms with Gasteiger partial charge in [0.2, 0.25) is 0 Å². The summed E-state index contributed by atoms with van der Waals surface area (Å²) in [6.07, 6.45) is 11.9. The molecule has 43 heavy (non-hydrogen) atoms. The van der Waals surface area contributed by atoms with Crippen molar-refractivity contribution in [3.63, 3.8) is 0 Å². The Hall–Kier alpha value is -3.21. The zero-order valence-electron chi connectivity index (χ0n) is 27.9. The molecule has 0 amide bonds. The van der Waals surface area contributed by atoms with Crippen molar-refractivity contribution in [2.45, 2.75) is 106 Å². The number of hydrogen-bond donors (Lipinski definition) is 2. The van der Waals surface area contributed by atoms with Gasteiger partial charge in [-0.15, -0.1) is 6.58 Å². The third kappa shape index (κ3) is 12.1. The zero-order chi connectivity index (χ0) is 32.6. The van der Waals surface area contributed by atoms with Gasteiger partial charge in [-0.1, -0.05) is 72.3 Å². The quantitative estimate of drug-likeness (QED) is 0.284. The number of halogens is 2. The zero-order valence-corrected chi connectivity index (χ0v) is 27.9. The molecule has 4 rings (SSSR count). The maximum absolute atomic E-state index is 13.3. The Kier molecular flexibility index (Phi) is 16.2. The van der Waals surface area contributed by atoms with E-state index in [4.69, 9.17) is 0 Å². The lowest BCUT2D eigenvalue weighted by molar-refractivity contribution is -0.127. The second kappa shape index (κ2) is 18.5. The molecule has 2 aromatic carbocycles. The van der Waals surface area contributed by atoms with Gasteiger partial charge in [-0.3, -0.25) is 4.79 Å². The largest absolute Gasteiger partial charge is 0.391 e. The predicted molar refractivity (Wildman–Crippen MR) is 181 cm³/mol. The van der Waals surface area contributed by atoms with Crippen LogP contribution in [0.3, 0.4) is 0 Å². The van der Waals surface area contributed by atoms with Crippen LogP contribution in [0.5, 0.6) is 0 Å². The number of fused-ring (bicyclic) bond motifs is 1. The van der Waals surface area contributed by atoms with Gasteiger partial charge >= 0.3 is 0 Å². The molecule has 1 atom stereocenters. The Balaban J connectivity index is 0.000000511. The Morgan fingerprint density at radius 1 is 0.930 bits per heavy atom. The van der Waals surface area contributed by atoms with E-state index >= 15 is 0 Å². The van der Waals surface area contributed by atoms with Gasteiger partial charge in [0, 0.05) is 41.0 Å². The number of nitrogens with one attached hydrogen (secondary N) is 2. The summed E-state index contributed by atoms with van der Waals surface area (Å²) in [6, 6.07) is 10.1. The monoisotopic (exact) mass is 594 g/mol. The highest BCUT2D eigenvalue weighted by molar-refractivity contribution is 5.81. The van der Waals surface area contributed by atoms with Crippen LogP contribution >= 0.6 is 0 Å². The van der Waals surface area contributed by atoms with Crippen LogP contribution in [0.25, 0.3) is 0 Å². The van der Waals surface area contributed by atoms with Crippen LogP contribution in [0.2, 0.25) is 0 Å². The fourth-order valence-corrected chi connectivity index (χ4v) is 5.67. The molecule has 238 valence electrons. The molecule has 0 radical (unpaired) electrons. The van der Waals surface area contributed by atoms with E-state index in [1.54, 1.807) is 13.0 Å². The Morgan fingerprint density at radius 3 is 2.00 bits per heavy atom. The van der Waals surface area contributed by atoms with Crippen molar-refractivity contribution in [2.24, 2.45) is 10.8 Å². The van der Waals surface area contributed by atoms with Crippen LogP contribution in [0.4, 0.5) is 14.5 Å². The summed E-state index contributed by atoms with van der Waals surface area (Å²) in [5.41, 5.74) is 6.46. The number of allylic oxidation sites excluding steroid dienone is 3. The fourth-order valence-electron chi connectivity index (χ4n) is 5.67. The molecule has 1 unspecified atom stereocenters. The van der Waals surface area contributed by atoms with Crippen LogP contribution < -0.4 is 10.6 Å². The molecule has 0 heterocycles. The molecule has 1 fully saturated rings. The van der Waals surface area contributed by atoms with Gasteiger partial charge in [0.05, 0.1) is 0 Å². The summed E-state index contributed by atoms with van der Waals surface area (Å²) in [6.45, 7) is 23.6. The standard InChI is InChI=1S/C24H28F2N2.C9H16O.C3H6.C2H6/c1-16(6-5-7-18-10-21(25)13-22(26)11-18)28-23-9-8-19-14-24(3,17(2)27-4)15-20(19)12-23;1-8(10)9(2)6-4-3-5-7-9;1-3-2;1-2/h8-13,27-28H,1-2,5-7,14-15H2,3-4H3;3-7H2,1-2H3;3H,1H2,2H3;1-2H3. The van der Waals surface area contributed by atoms with E-state index < -0.39 is 11.6 Å². The highest BCUT2D eigenvalue weighted by atomic mass is 19.1. The number of carbonyl (C=O) groups excluding carboxylic acids is 1. The third-order valence-electron chi connectivity index (χ3n) is 8.39. The molecular weight excluding hydrogens is 538 g/mol. The number of ketones is 1. The van der Waals surface area contributed by atoms with Gasteiger partial charge in [-0.25, -0.2) is 8.78 Å². The minimum absolute atomic E-state index is 0.0399. The van der Waals surface area contributed by atoms with Crippen molar-refractivity contribution in [3.05, 3.63) is 102 Å². The molecule has 2 aromatic rings. The number of hydrogen-bond acceptors (Lipinski definition) is 3. The summed E-state index contributed by atoms with van der Waals surface area (Å²) in [5.74, 6) is -0.678. The van der Waals surface area contributed by atoms with Gasteiger partial charge < -0.3 is 10.6 Å². The molecule has 0 aromatic heterocycles. The number of rotatable bonds is 9. The van der Waals surface area contributed by atoms with Crippen molar-refractivity contribution in [2.75, 3.05) is 12.4 Å². The van der Waals surface area contributed by atoms with E-state index in [0.29, 0.717) is 17.8 Å². The maximum atomic E-state index is 13.3. The van der Waals surface area contributed by atoms with Crippen LogP contribution in [0.15, 0.2) is 73.6 Å². The van der Waals surface area contributed by atoms with Gasteiger partial charge in [0.25, 0.3) is 0 Å². The Labute approximate surface area is 261 Å². The summed E-state index contributed by atoms with van der Waals surface area (Å²) in [4.78, 5) is 11.1. The maximum Gasteiger partial charge on any atom is 0.135 e. The van der Waals surface area contributed by atoms with Gasteiger partial charge in [0.1, 0.15) is 17.4 Å². The van der Waals surface area contributed by atoms with Crippen molar-refractivity contribution in [3.8, 4) is 0 Å². The van der Waals surface area contributed by atoms with Crippen molar-refractivity contribution in [1.29, 1.82) is 0 Å². The fraction of sp³-hybridized carbons (Fsp3) is 0.500. The molecule has 3 nitrogen and oxygen atoms in total. The lowest BCUT2D eigenvalue weighted by Crippen LogP contribution is -2.27. The minimum atomic E-state index is -0.530. The number of anilines is 1. The highest BCUT2D eigenvalue weighted by Gasteiger charge is 2.35. The van der Waals surface area contributed by atoms with Crippen LogP contribution in [0.1, 0.15) is 103 Å². The molecule has 2 aliphatic rings. The minimum Gasteiger partial charge on any atom is -0.391 e. The summed E-state index contributed by atoms with van der Waals surface area (Å²) in [5, 5.41) is 6.57. The third-order valence-corrected chi connectivity index (χ3v) is 8.39. The van der Waals surface area contributed by atoms with E-state index in [2.05, 4.69) is 62.4 Å². The molecular formula is C38H56F2N2O. The van der Waals surface area contributed by atoms with Gasteiger partial charge in [-0.2, -0.15) is 0 Å². The first kappa shape index (κ1) is 37.8. The SMILES string of the molecule is C=C(CCCc1cc(F)cc(F)c1)Nc1ccc2c(c1)CC(C)(C(=C)NC)C2.C=CC.CC.CC(=O)C1(C)CCCCC1. The van der Waals surface area contributed by atoms with E-state index in [1.807, 2.05) is 27.8 Å². The topological polar surface area (TPSA) is 41.1 Å². The van der Waals surface area contributed by atoms with Crippen LogP contribution in [-0.4, -0.2) is 12.8 Å². The second-order valence-corrected chi connectivity index (χ2v) is 12.1. The van der Waals surface area contributed by atoms with E-state index in [9.17, 15) is 13.6 Å². The molecule has 5 heteroatoms. The molecule has 0 saturated heterocycles. The van der Waals surface area contributed by atoms with E-state index in [0.717, 1.165) is 61.7 Å². The number of benzene rings is 2. The van der Waals surface area contributed by atoms with Crippen molar-refractivity contribution >= 4 is 11.5 Å². The number of aryl methyl sites for hydroxylation is 1. The predicted octanol–water partition coefficient (Wildman–Crippen LogP) is 10.5. The number of carbonyl (C=O) groups is 1. The first-order valence-corrected chi connectivity index (χ1v) is 15.8. The lowest BCUT2D eigenvalue weighted by Gasteiger charge is -2.30. The summed E-state index contributed by atoms with van der Waals surface area (Å²) in [7, 11) is 1.92. The smallest absolute Gasteiger partial charge is 0.135 e. The second-order valence-electron chi connectivity index (χ2n) is 12.1.